The SMILES string of the molecule is CCNc1nc(Cl)nc(NCCCCC(C)C)n1. The Bertz CT molecular complexity index is 356. The van der Waals surface area contributed by atoms with E-state index in [4.69, 9.17) is 11.6 Å². The Morgan fingerprint density at radius 2 is 1.72 bits per heavy atom. The summed E-state index contributed by atoms with van der Waals surface area (Å²) in [6.07, 6.45) is 3.57. The summed E-state index contributed by atoms with van der Waals surface area (Å²) in [6, 6.07) is 0. The zero-order valence-corrected chi connectivity index (χ0v) is 12.1. The van der Waals surface area contributed by atoms with Gasteiger partial charge in [-0.25, -0.2) is 0 Å². The number of anilines is 2. The van der Waals surface area contributed by atoms with Gasteiger partial charge < -0.3 is 10.6 Å². The fourth-order valence-electron chi connectivity index (χ4n) is 1.54. The van der Waals surface area contributed by atoms with E-state index in [0.29, 0.717) is 11.9 Å². The fraction of sp³-hybridized carbons (Fsp3) is 0.750. The summed E-state index contributed by atoms with van der Waals surface area (Å²) in [5, 5.41) is 6.40. The lowest BCUT2D eigenvalue weighted by Gasteiger charge is -2.08. The van der Waals surface area contributed by atoms with Crippen molar-refractivity contribution in [1.29, 1.82) is 0 Å². The van der Waals surface area contributed by atoms with Crippen LogP contribution in [0.25, 0.3) is 0 Å². The molecule has 2 N–H and O–H groups in total. The number of nitrogens with zero attached hydrogens (tertiary/aromatic N) is 3. The summed E-state index contributed by atoms with van der Waals surface area (Å²) in [5.41, 5.74) is 0. The summed E-state index contributed by atoms with van der Waals surface area (Å²) in [6.45, 7) is 8.08. The third kappa shape index (κ3) is 6.00. The zero-order valence-electron chi connectivity index (χ0n) is 11.3. The van der Waals surface area contributed by atoms with Crippen LogP contribution in [0.5, 0.6) is 0 Å². The highest BCUT2D eigenvalue weighted by Crippen LogP contribution is 2.10. The largest absolute Gasteiger partial charge is 0.354 e. The van der Waals surface area contributed by atoms with Gasteiger partial charge in [0.15, 0.2) is 0 Å². The molecule has 1 rings (SSSR count). The molecule has 0 fully saturated rings. The maximum Gasteiger partial charge on any atom is 0.228 e. The van der Waals surface area contributed by atoms with E-state index < -0.39 is 0 Å². The van der Waals surface area contributed by atoms with Gasteiger partial charge in [0.25, 0.3) is 0 Å². The highest BCUT2D eigenvalue weighted by molar-refractivity contribution is 6.28. The first-order chi connectivity index (χ1) is 8.61. The smallest absolute Gasteiger partial charge is 0.228 e. The molecule has 0 amide bonds. The third-order valence-corrected chi connectivity index (χ3v) is 2.60. The number of rotatable bonds is 8. The average molecular weight is 272 g/mol. The molecule has 0 aliphatic heterocycles. The molecule has 0 unspecified atom stereocenters. The second-order valence-corrected chi connectivity index (χ2v) is 4.94. The van der Waals surface area contributed by atoms with Crippen LogP contribution in [-0.2, 0) is 0 Å². The van der Waals surface area contributed by atoms with Gasteiger partial charge in [0.2, 0.25) is 17.2 Å². The number of aromatic nitrogens is 3. The molecule has 0 aliphatic carbocycles. The Kier molecular flexibility index (Phi) is 6.72. The summed E-state index contributed by atoms with van der Waals surface area (Å²) in [5.74, 6) is 1.81. The van der Waals surface area contributed by atoms with Gasteiger partial charge in [0.05, 0.1) is 0 Å². The normalized spacial score (nSPS) is 10.7. The molecular formula is C12H22ClN5. The van der Waals surface area contributed by atoms with Gasteiger partial charge in [0.1, 0.15) is 0 Å². The van der Waals surface area contributed by atoms with Crippen LogP contribution < -0.4 is 10.6 Å². The Hall–Kier alpha value is -1.10. The maximum atomic E-state index is 5.83. The summed E-state index contributed by atoms with van der Waals surface area (Å²) >= 11 is 5.83. The van der Waals surface area contributed by atoms with Crippen LogP contribution in [0.3, 0.4) is 0 Å². The van der Waals surface area contributed by atoms with Crippen molar-refractivity contribution < 1.29 is 0 Å². The van der Waals surface area contributed by atoms with Crippen molar-refractivity contribution in [3.05, 3.63) is 5.28 Å². The number of hydrogen-bond acceptors (Lipinski definition) is 5. The van der Waals surface area contributed by atoms with Crippen LogP contribution in [0.1, 0.15) is 40.0 Å². The quantitative estimate of drug-likeness (QED) is 0.711. The monoisotopic (exact) mass is 271 g/mol. The van der Waals surface area contributed by atoms with Crippen molar-refractivity contribution in [1.82, 2.24) is 15.0 Å². The van der Waals surface area contributed by atoms with Gasteiger partial charge >= 0.3 is 0 Å². The van der Waals surface area contributed by atoms with Crippen LogP contribution in [0.2, 0.25) is 5.28 Å². The number of halogens is 1. The molecule has 0 atom stereocenters. The van der Waals surface area contributed by atoms with E-state index in [1.807, 2.05) is 6.92 Å². The fourth-order valence-corrected chi connectivity index (χ4v) is 1.70. The first-order valence-electron chi connectivity index (χ1n) is 6.51. The topological polar surface area (TPSA) is 62.7 Å². The molecule has 1 aromatic heterocycles. The molecule has 0 saturated carbocycles. The Balaban J connectivity index is 2.37. The van der Waals surface area contributed by atoms with E-state index in [1.54, 1.807) is 0 Å². The van der Waals surface area contributed by atoms with E-state index in [1.165, 1.54) is 12.8 Å². The van der Waals surface area contributed by atoms with Crippen LogP contribution in [0.4, 0.5) is 11.9 Å². The third-order valence-electron chi connectivity index (χ3n) is 2.43. The lowest BCUT2D eigenvalue weighted by Crippen LogP contribution is -2.10. The minimum atomic E-state index is 0.214. The van der Waals surface area contributed by atoms with Crippen LogP contribution in [-0.4, -0.2) is 28.0 Å². The Labute approximate surface area is 114 Å². The van der Waals surface area contributed by atoms with Gasteiger partial charge in [-0.2, -0.15) is 15.0 Å². The second-order valence-electron chi connectivity index (χ2n) is 4.60. The van der Waals surface area contributed by atoms with E-state index >= 15 is 0 Å². The minimum Gasteiger partial charge on any atom is -0.354 e. The molecule has 0 saturated heterocycles. The Morgan fingerprint density at radius 1 is 1.06 bits per heavy atom. The van der Waals surface area contributed by atoms with E-state index in [-0.39, 0.29) is 5.28 Å². The van der Waals surface area contributed by atoms with Gasteiger partial charge in [0, 0.05) is 13.1 Å². The molecule has 6 heteroatoms. The second kappa shape index (κ2) is 8.08. The lowest BCUT2D eigenvalue weighted by atomic mass is 10.1. The van der Waals surface area contributed by atoms with Crippen molar-refractivity contribution in [2.75, 3.05) is 23.7 Å². The van der Waals surface area contributed by atoms with Crippen LogP contribution >= 0.6 is 11.6 Å². The first-order valence-corrected chi connectivity index (χ1v) is 6.89. The lowest BCUT2D eigenvalue weighted by molar-refractivity contribution is 0.544. The van der Waals surface area contributed by atoms with Crippen LogP contribution in [0, 0.1) is 5.92 Å². The molecule has 5 nitrogen and oxygen atoms in total. The molecular weight excluding hydrogens is 250 g/mol. The number of unbranched alkanes of at least 4 members (excludes halogenated alkanes) is 1. The van der Waals surface area contributed by atoms with Crippen molar-refractivity contribution in [2.45, 2.75) is 40.0 Å². The minimum absolute atomic E-state index is 0.214. The van der Waals surface area contributed by atoms with E-state index in [2.05, 4.69) is 39.4 Å². The number of hydrogen-bond donors (Lipinski definition) is 2. The van der Waals surface area contributed by atoms with Gasteiger partial charge in [-0.3, -0.25) is 0 Å². The standard InChI is InChI=1S/C12H22ClN5/c1-4-14-11-16-10(13)17-12(18-11)15-8-6-5-7-9(2)3/h9H,4-8H2,1-3H3,(H2,14,15,16,17,18). The highest BCUT2D eigenvalue weighted by atomic mass is 35.5. The van der Waals surface area contributed by atoms with Gasteiger partial charge in [-0.05, 0) is 30.9 Å². The molecule has 1 aromatic rings. The van der Waals surface area contributed by atoms with Gasteiger partial charge in [-0.15, -0.1) is 0 Å². The maximum absolute atomic E-state index is 5.83. The predicted molar refractivity (Wildman–Crippen MR) is 76.2 cm³/mol. The van der Waals surface area contributed by atoms with Crippen molar-refractivity contribution in [2.24, 2.45) is 5.92 Å². The van der Waals surface area contributed by atoms with Crippen molar-refractivity contribution >= 4 is 23.5 Å². The zero-order chi connectivity index (χ0) is 13.4. The van der Waals surface area contributed by atoms with E-state index in [0.717, 1.165) is 25.4 Å². The molecule has 18 heavy (non-hydrogen) atoms. The average Bonchev–Trinajstić information content (AvgIpc) is 2.28. The highest BCUT2D eigenvalue weighted by Gasteiger charge is 2.03. The van der Waals surface area contributed by atoms with Crippen molar-refractivity contribution in [3.63, 3.8) is 0 Å². The molecule has 102 valence electrons. The molecule has 0 radical (unpaired) electrons. The molecule has 0 spiro atoms. The summed E-state index contributed by atoms with van der Waals surface area (Å²) in [4.78, 5) is 12.3. The summed E-state index contributed by atoms with van der Waals surface area (Å²) in [7, 11) is 0. The van der Waals surface area contributed by atoms with Crippen molar-refractivity contribution in [3.8, 4) is 0 Å². The summed E-state index contributed by atoms with van der Waals surface area (Å²) < 4.78 is 0. The van der Waals surface area contributed by atoms with Gasteiger partial charge in [-0.1, -0.05) is 26.7 Å². The molecule has 0 aliphatic rings. The van der Waals surface area contributed by atoms with Crippen LogP contribution in [0.15, 0.2) is 0 Å². The molecule has 1 heterocycles. The Morgan fingerprint density at radius 3 is 2.33 bits per heavy atom. The van der Waals surface area contributed by atoms with E-state index in [9.17, 15) is 0 Å². The molecule has 0 aromatic carbocycles. The molecule has 0 bridgehead atoms. The first kappa shape index (κ1) is 15.0. The predicted octanol–water partition coefficient (Wildman–Crippen LogP) is 3.20. The number of nitrogens with one attached hydrogen (secondary N) is 2.